The first-order valence-electron chi connectivity index (χ1n) is 8.26. The molecule has 2 aromatic carbocycles. The summed E-state index contributed by atoms with van der Waals surface area (Å²) in [5, 5.41) is 4.92. The SMILES string of the molecule is O=C(COC(=O)c1cc2c(s1)CCC2)Nc1ccc2ccccc2c1. The molecule has 0 fully saturated rings. The van der Waals surface area contributed by atoms with E-state index in [2.05, 4.69) is 5.32 Å². The van der Waals surface area contributed by atoms with Crippen molar-refractivity contribution < 1.29 is 14.3 Å². The van der Waals surface area contributed by atoms with Crippen molar-refractivity contribution >= 4 is 39.7 Å². The van der Waals surface area contributed by atoms with Gasteiger partial charge in [-0.15, -0.1) is 11.3 Å². The highest BCUT2D eigenvalue weighted by molar-refractivity contribution is 7.14. The van der Waals surface area contributed by atoms with Crippen LogP contribution in [0.25, 0.3) is 10.8 Å². The molecule has 0 aliphatic heterocycles. The number of benzene rings is 2. The van der Waals surface area contributed by atoms with Crippen molar-refractivity contribution in [2.45, 2.75) is 19.3 Å². The summed E-state index contributed by atoms with van der Waals surface area (Å²) in [5.74, 6) is -0.763. The molecule has 0 spiro atoms. The highest BCUT2D eigenvalue weighted by Gasteiger charge is 2.19. The summed E-state index contributed by atoms with van der Waals surface area (Å²) >= 11 is 1.48. The lowest BCUT2D eigenvalue weighted by atomic mass is 10.1. The number of nitrogens with one attached hydrogen (secondary N) is 1. The molecule has 1 amide bonds. The normalized spacial score (nSPS) is 12.8. The number of amides is 1. The highest BCUT2D eigenvalue weighted by atomic mass is 32.1. The molecule has 1 aliphatic carbocycles. The molecule has 3 aromatic rings. The summed E-state index contributed by atoms with van der Waals surface area (Å²) in [6.07, 6.45) is 3.22. The van der Waals surface area contributed by atoms with Crippen LogP contribution in [0.15, 0.2) is 48.5 Å². The van der Waals surface area contributed by atoms with Crippen molar-refractivity contribution in [3.8, 4) is 0 Å². The van der Waals surface area contributed by atoms with Crippen LogP contribution in [-0.2, 0) is 22.4 Å². The first-order chi connectivity index (χ1) is 12.2. The third-order valence-electron chi connectivity index (χ3n) is 4.32. The number of fused-ring (bicyclic) bond motifs is 2. The van der Waals surface area contributed by atoms with Gasteiger partial charge in [0.15, 0.2) is 6.61 Å². The van der Waals surface area contributed by atoms with Crippen LogP contribution in [0.2, 0.25) is 0 Å². The minimum absolute atomic E-state index is 0.284. The molecule has 0 atom stereocenters. The van der Waals surface area contributed by atoms with Gasteiger partial charge in [0.25, 0.3) is 5.91 Å². The second kappa shape index (κ2) is 6.69. The van der Waals surface area contributed by atoms with E-state index in [0.717, 1.165) is 30.0 Å². The minimum atomic E-state index is -0.423. The second-order valence-corrected chi connectivity index (χ2v) is 7.24. The number of anilines is 1. The summed E-state index contributed by atoms with van der Waals surface area (Å²) < 4.78 is 5.15. The zero-order valence-electron chi connectivity index (χ0n) is 13.6. The average molecular weight is 351 g/mol. The summed E-state index contributed by atoms with van der Waals surface area (Å²) in [7, 11) is 0. The summed E-state index contributed by atoms with van der Waals surface area (Å²) in [6.45, 7) is -0.284. The van der Waals surface area contributed by atoms with E-state index in [9.17, 15) is 9.59 Å². The van der Waals surface area contributed by atoms with Crippen LogP contribution >= 0.6 is 11.3 Å². The lowest BCUT2D eigenvalue weighted by Gasteiger charge is -2.07. The molecule has 4 rings (SSSR count). The molecule has 1 aromatic heterocycles. The fourth-order valence-corrected chi connectivity index (χ4v) is 4.24. The number of aryl methyl sites for hydroxylation is 2. The molecule has 0 saturated carbocycles. The van der Waals surface area contributed by atoms with Gasteiger partial charge in [0.2, 0.25) is 0 Å². The molecule has 1 N–H and O–H groups in total. The molecular weight excluding hydrogens is 334 g/mol. The van der Waals surface area contributed by atoms with E-state index in [1.165, 1.54) is 21.8 Å². The number of rotatable bonds is 4. The predicted octanol–water partition coefficient (Wildman–Crippen LogP) is 4.19. The average Bonchev–Trinajstić information content (AvgIpc) is 3.21. The van der Waals surface area contributed by atoms with Crippen molar-refractivity contribution in [1.29, 1.82) is 0 Å². The number of carbonyl (C=O) groups excluding carboxylic acids is 2. The number of carbonyl (C=O) groups is 2. The quantitative estimate of drug-likeness (QED) is 0.717. The molecule has 5 heteroatoms. The number of hydrogen-bond donors (Lipinski definition) is 1. The summed E-state index contributed by atoms with van der Waals surface area (Å²) in [4.78, 5) is 26.0. The fourth-order valence-electron chi connectivity index (χ4n) is 3.10. The van der Waals surface area contributed by atoms with Crippen molar-refractivity contribution in [3.63, 3.8) is 0 Å². The minimum Gasteiger partial charge on any atom is -0.451 e. The maximum atomic E-state index is 12.1. The van der Waals surface area contributed by atoms with Crippen LogP contribution in [0, 0.1) is 0 Å². The number of thiophene rings is 1. The van der Waals surface area contributed by atoms with Crippen LogP contribution in [-0.4, -0.2) is 18.5 Å². The third kappa shape index (κ3) is 3.42. The van der Waals surface area contributed by atoms with E-state index < -0.39 is 5.97 Å². The van der Waals surface area contributed by atoms with E-state index in [1.807, 2.05) is 48.5 Å². The molecule has 0 saturated heterocycles. The van der Waals surface area contributed by atoms with Crippen molar-refractivity contribution in [2.75, 3.05) is 11.9 Å². The van der Waals surface area contributed by atoms with Crippen LogP contribution in [0.5, 0.6) is 0 Å². The number of esters is 1. The van der Waals surface area contributed by atoms with E-state index in [0.29, 0.717) is 10.6 Å². The van der Waals surface area contributed by atoms with Crippen molar-refractivity contribution in [2.24, 2.45) is 0 Å². The van der Waals surface area contributed by atoms with Crippen LogP contribution in [0.3, 0.4) is 0 Å². The fraction of sp³-hybridized carbons (Fsp3) is 0.200. The van der Waals surface area contributed by atoms with Gasteiger partial charge in [-0.25, -0.2) is 4.79 Å². The molecule has 0 bridgehead atoms. The Balaban J connectivity index is 1.35. The van der Waals surface area contributed by atoms with E-state index in [1.54, 1.807) is 0 Å². The Bertz CT molecular complexity index is 939. The van der Waals surface area contributed by atoms with Gasteiger partial charge in [-0.05, 0) is 53.8 Å². The lowest BCUT2D eigenvalue weighted by Crippen LogP contribution is -2.20. The third-order valence-corrected chi connectivity index (χ3v) is 5.53. The van der Waals surface area contributed by atoms with E-state index in [4.69, 9.17) is 4.74 Å². The molecule has 0 unspecified atom stereocenters. The Morgan fingerprint density at radius 2 is 1.88 bits per heavy atom. The summed E-state index contributed by atoms with van der Waals surface area (Å²) in [6, 6.07) is 15.5. The maximum absolute atomic E-state index is 12.1. The first-order valence-corrected chi connectivity index (χ1v) is 9.08. The zero-order valence-corrected chi connectivity index (χ0v) is 14.4. The van der Waals surface area contributed by atoms with Crippen molar-refractivity contribution in [3.05, 3.63) is 63.8 Å². The topological polar surface area (TPSA) is 55.4 Å². The number of hydrogen-bond acceptors (Lipinski definition) is 4. The Morgan fingerprint density at radius 3 is 2.72 bits per heavy atom. The molecule has 0 radical (unpaired) electrons. The highest BCUT2D eigenvalue weighted by Crippen LogP contribution is 2.30. The van der Waals surface area contributed by atoms with Gasteiger partial charge in [-0.3, -0.25) is 4.79 Å². The predicted molar refractivity (Wildman–Crippen MR) is 99.2 cm³/mol. The van der Waals surface area contributed by atoms with Gasteiger partial charge < -0.3 is 10.1 Å². The van der Waals surface area contributed by atoms with Gasteiger partial charge in [-0.2, -0.15) is 0 Å². The van der Waals surface area contributed by atoms with E-state index >= 15 is 0 Å². The zero-order chi connectivity index (χ0) is 17.2. The molecule has 1 heterocycles. The standard InChI is InChI=1S/C20H17NO3S/c22-19(21-16-9-8-13-4-1-2-5-14(13)10-16)12-24-20(23)18-11-15-6-3-7-17(15)25-18/h1-2,4-5,8-11H,3,6-7,12H2,(H,21,22). The van der Waals surface area contributed by atoms with Crippen LogP contribution in [0.4, 0.5) is 5.69 Å². The molecule has 1 aliphatic rings. The summed E-state index contributed by atoms with van der Waals surface area (Å²) in [5.41, 5.74) is 1.94. The maximum Gasteiger partial charge on any atom is 0.348 e. The van der Waals surface area contributed by atoms with Gasteiger partial charge in [0.1, 0.15) is 4.88 Å². The van der Waals surface area contributed by atoms with Gasteiger partial charge in [0.05, 0.1) is 0 Å². The molecule has 4 nitrogen and oxygen atoms in total. The Morgan fingerprint density at radius 1 is 1.04 bits per heavy atom. The van der Waals surface area contributed by atoms with Gasteiger partial charge in [0, 0.05) is 10.6 Å². The molecule has 126 valence electrons. The van der Waals surface area contributed by atoms with Gasteiger partial charge >= 0.3 is 5.97 Å². The smallest absolute Gasteiger partial charge is 0.348 e. The first kappa shape index (κ1) is 15.8. The largest absolute Gasteiger partial charge is 0.451 e. The Labute approximate surface area is 149 Å². The van der Waals surface area contributed by atoms with E-state index in [-0.39, 0.29) is 12.5 Å². The van der Waals surface area contributed by atoms with Crippen LogP contribution < -0.4 is 5.32 Å². The van der Waals surface area contributed by atoms with Gasteiger partial charge in [-0.1, -0.05) is 30.3 Å². The second-order valence-electron chi connectivity index (χ2n) is 6.10. The van der Waals surface area contributed by atoms with Crippen molar-refractivity contribution in [1.82, 2.24) is 0 Å². The molecule has 25 heavy (non-hydrogen) atoms. The monoisotopic (exact) mass is 351 g/mol. The Kier molecular flexibility index (Phi) is 4.24. The lowest BCUT2D eigenvalue weighted by molar-refractivity contribution is -0.119. The van der Waals surface area contributed by atoms with Crippen LogP contribution in [0.1, 0.15) is 26.5 Å². The molecular formula is C20H17NO3S. The Hall–Kier alpha value is -2.66. The number of ether oxygens (including phenoxy) is 1.